The van der Waals surface area contributed by atoms with Crippen LogP contribution in [0.15, 0.2) is 48.5 Å². The Morgan fingerprint density at radius 3 is 2.26 bits per heavy atom. The SMILES string of the molecule is N[C@H]1CC[C@H](C[C@H]2C[C@@H]2c2ccc(-c3cccc(C(F)(F)F)c3)cc2)CC1. The molecule has 0 amide bonds. The summed E-state index contributed by atoms with van der Waals surface area (Å²) in [5.74, 6) is 2.21. The highest BCUT2D eigenvalue weighted by atomic mass is 19.4. The van der Waals surface area contributed by atoms with Gasteiger partial charge in [-0.15, -0.1) is 0 Å². The molecule has 0 bridgehead atoms. The fourth-order valence-corrected chi connectivity index (χ4v) is 4.57. The van der Waals surface area contributed by atoms with Gasteiger partial charge >= 0.3 is 6.18 Å². The van der Waals surface area contributed by atoms with E-state index in [1.165, 1.54) is 43.4 Å². The molecule has 0 saturated heterocycles. The maximum Gasteiger partial charge on any atom is 0.416 e. The van der Waals surface area contributed by atoms with Crippen molar-refractivity contribution in [1.29, 1.82) is 0 Å². The predicted octanol–water partition coefficient (Wildman–Crippen LogP) is 6.38. The molecule has 0 aliphatic heterocycles. The average molecular weight is 373 g/mol. The number of benzene rings is 2. The van der Waals surface area contributed by atoms with E-state index in [-0.39, 0.29) is 0 Å². The fourth-order valence-electron chi connectivity index (χ4n) is 4.57. The number of hydrogen-bond donors (Lipinski definition) is 1. The van der Waals surface area contributed by atoms with Crippen LogP contribution in [0, 0.1) is 11.8 Å². The number of rotatable bonds is 4. The molecule has 2 aliphatic carbocycles. The molecule has 0 radical (unpaired) electrons. The summed E-state index contributed by atoms with van der Waals surface area (Å²) in [6.45, 7) is 0. The van der Waals surface area contributed by atoms with Crippen LogP contribution >= 0.6 is 0 Å². The molecule has 2 atom stereocenters. The quantitative estimate of drug-likeness (QED) is 0.661. The molecule has 0 spiro atoms. The van der Waals surface area contributed by atoms with Crippen molar-refractivity contribution in [3.8, 4) is 11.1 Å². The number of nitrogens with two attached hydrogens (primary N) is 1. The van der Waals surface area contributed by atoms with Crippen LogP contribution in [0.2, 0.25) is 0 Å². The molecule has 2 aromatic carbocycles. The van der Waals surface area contributed by atoms with Crippen LogP contribution in [0.3, 0.4) is 0 Å². The van der Waals surface area contributed by atoms with Gasteiger partial charge in [-0.3, -0.25) is 0 Å². The molecular weight excluding hydrogens is 347 g/mol. The third-order valence-corrected chi connectivity index (χ3v) is 6.31. The van der Waals surface area contributed by atoms with E-state index in [4.69, 9.17) is 5.73 Å². The zero-order chi connectivity index (χ0) is 19.0. The van der Waals surface area contributed by atoms with Gasteiger partial charge in [-0.25, -0.2) is 0 Å². The Bertz CT molecular complexity index is 773. The first kappa shape index (κ1) is 18.5. The van der Waals surface area contributed by atoms with E-state index in [0.717, 1.165) is 36.3 Å². The predicted molar refractivity (Wildman–Crippen MR) is 102 cm³/mol. The van der Waals surface area contributed by atoms with Gasteiger partial charge in [0.1, 0.15) is 0 Å². The third kappa shape index (κ3) is 4.37. The smallest absolute Gasteiger partial charge is 0.328 e. The zero-order valence-electron chi connectivity index (χ0n) is 15.4. The van der Waals surface area contributed by atoms with Gasteiger partial charge in [0.05, 0.1) is 5.56 Å². The van der Waals surface area contributed by atoms with Gasteiger partial charge in [0.15, 0.2) is 0 Å². The van der Waals surface area contributed by atoms with Crippen molar-refractivity contribution < 1.29 is 13.2 Å². The topological polar surface area (TPSA) is 26.0 Å². The Balaban J connectivity index is 1.39. The second-order valence-electron chi connectivity index (χ2n) is 8.32. The first-order valence-corrected chi connectivity index (χ1v) is 9.93. The van der Waals surface area contributed by atoms with E-state index in [2.05, 4.69) is 12.1 Å². The lowest BCUT2D eigenvalue weighted by Crippen LogP contribution is -2.26. The zero-order valence-corrected chi connectivity index (χ0v) is 15.4. The van der Waals surface area contributed by atoms with E-state index in [0.29, 0.717) is 17.5 Å². The third-order valence-electron chi connectivity index (χ3n) is 6.31. The van der Waals surface area contributed by atoms with Gasteiger partial charge in [0.25, 0.3) is 0 Å². The van der Waals surface area contributed by atoms with Crippen molar-refractivity contribution in [2.75, 3.05) is 0 Å². The maximum absolute atomic E-state index is 12.9. The molecule has 0 heterocycles. The van der Waals surface area contributed by atoms with Crippen LogP contribution in [0.5, 0.6) is 0 Å². The minimum Gasteiger partial charge on any atom is -0.328 e. The van der Waals surface area contributed by atoms with Gasteiger partial charge in [0.2, 0.25) is 0 Å². The van der Waals surface area contributed by atoms with E-state index >= 15 is 0 Å². The molecule has 2 aromatic rings. The lowest BCUT2D eigenvalue weighted by atomic mass is 9.83. The first-order valence-electron chi connectivity index (χ1n) is 9.93. The summed E-state index contributed by atoms with van der Waals surface area (Å²) in [7, 11) is 0. The minimum atomic E-state index is -4.31. The van der Waals surface area contributed by atoms with E-state index in [1.807, 2.05) is 12.1 Å². The van der Waals surface area contributed by atoms with Crippen LogP contribution < -0.4 is 5.73 Å². The normalized spacial score (nSPS) is 28.1. The number of hydrogen-bond acceptors (Lipinski definition) is 1. The maximum atomic E-state index is 12.9. The molecule has 2 N–H and O–H groups in total. The molecule has 27 heavy (non-hydrogen) atoms. The second-order valence-corrected chi connectivity index (χ2v) is 8.32. The largest absolute Gasteiger partial charge is 0.416 e. The Hall–Kier alpha value is -1.81. The van der Waals surface area contributed by atoms with Gasteiger partial charge in [0, 0.05) is 6.04 Å². The summed E-state index contributed by atoms with van der Waals surface area (Å²) in [5, 5.41) is 0. The summed E-state index contributed by atoms with van der Waals surface area (Å²) in [6.07, 6.45) is 3.08. The molecule has 4 heteroatoms. The summed E-state index contributed by atoms with van der Waals surface area (Å²) < 4.78 is 38.7. The summed E-state index contributed by atoms with van der Waals surface area (Å²) in [5.41, 5.74) is 8.17. The van der Waals surface area contributed by atoms with Crippen LogP contribution in [-0.4, -0.2) is 6.04 Å². The summed E-state index contributed by atoms with van der Waals surface area (Å²) in [4.78, 5) is 0. The molecule has 2 fully saturated rings. The monoisotopic (exact) mass is 373 g/mol. The standard InChI is InChI=1S/C23H26F3N/c24-23(25,26)20-3-1-2-18(13-20)16-6-8-17(9-7-16)22-14-19(22)12-15-4-10-21(27)11-5-15/h1-3,6-9,13,15,19,21-22H,4-5,10-12,14,27H2/t15-,19-,21-,22+/m0/s1. The highest BCUT2D eigenvalue weighted by molar-refractivity contribution is 5.64. The number of alkyl halides is 3. The minimum absolute atomic E-state index is 0.402. The van der Waals surface area contributed by atoms with Crippen LogP contribution in [0.4, 0.5) is 13.2 Å². The molecule has 2 saturated carbocycles. The van der Waals surface area contributed by atoms with Gasteiger partial charge in [-0.1, -0.05) is 36.4 Å². The molecule has 4 rings (SSSR count). The highest BCUT2D eigenvalue weighted by Crippen LogP contribution is 2.52. The second kappa shape index (κ2) is 7.31. The van der Waals surface area contributed by atoms with E-state index in [1.54, 1.807) is 6.07 Å². The highest BCUT2D eigenvalue weighted by Gasteiger charge is 2.39. The molecule has 144 valence electrons. The van der Waals surface area contributed by atoms with Crippen LogP contribution in [0.1, 0.15) is 55.6 Å². The van der Waals surface area contributed by atoms with Crippen molar-refractivity contribution in [3.63, 3.8) is 0 Å². The van der Waals surface area contributed by atoms with E-state index in [9.17, 15) is 13.2 Å². The van der Waals surface area contributed by atoms with Crippen molar-refractivity contribution in [2.24, 2.45) is 17.6 Å². The fraction of sp³-hybridized carbons (Fsp3) is 0.478. The van der Waals surface area contributed by atoms with Crippen LogP contribution in [-0.2, 0) is 6.18 Å². The first-order chi connectivity index (χ1) is 12.9. The lowest BCUT2D eigenvalue weighted by Gasteiger charge is -2.26. The average Bonchev–Trinajstić information content (AvgIpc) is 3.42. The van der Waals surface area contributed by atoms with Crippen molar-refractivity contribution >= 4 is 0 Å². The van der Waals surface area contributed by atoms with Gasteiger partial charge in [-0.2, -0.15) is 13.2 Å². The molecule has 2 aliphatic rings. The lowest BCUT2D eigenvalue weighted by molar-refractivity contribution is -0.137. The Labute approximate surface area is 158 Å². The Morgan fingerprint density at radius 1 is 0.889 bits per heavy atom. The molecular formula is C23H26F3N. The van der Waals surface area contributed by atoms with E-state index < -0.39 is 11.7 Å². The van der Waals surface area contributed by atoms with Gasteiger partial charge in [-0.05, 0) is 85.1 Å². The van der Waals surface area contributed by atoms with Crippen molar-refractivity contribution in [2.45, 2.75) is 56.7 Å². The number of halogens is 3. The Kier molecular flexibility index (Phi) is 5.02. The van der Waals surface area contributed by atoms with Crippen LogP contribution in [0.25, 0.3) is 11.1 Å². The van der Waals surface area contributed by atoms with Crippen molar-refractivity contribution in [1.82, 2.24) is 0 Å². The summed E-state index contributed by atoms with van der Waals surface area (Å²) in [6, 6.07) is 14.1. The molecule has 0 unspecified atom stereocenters. The molecule has 1 nitrogen and oxygen atoms in total. The van der Waals surface area contributed by atoms with Gasteiger partial charge < -0.3 is 5.73 Å². The Morgan fingerprint density at radius 2 is 1.59 bits per heavy atom. The summed E-state index contributed by atoms with van der Waals surface area (Å²) >= 11 is 0. The van der Waals surface area contributed by atoms with Crippen molar-refractivity contribution in [3.05, 3.63) is 59.7 Å². The molecule has 0 aromatic heterocycles.